The van der Waals surface area contributed by atoms with E-state index in [1.165, 1.54) is 43.4 Å². The fourth-order valence-corrected chi connectivity index (χ4v) is 5.87. The van der Waals surface area contributed by atoms with Crippen molar-refractivity contribution in [1.82, 2.24) is 0 Å². The third-order valence-electron chi connectivity index (χ3n) is 5.87. The number of ketones is 2. The van der Waals surface area contributed by atoms with Crippen molar-refractivity contribution in [3.05, 3.63) is 73.4 Å². The van der Waals surface area contributed by atoms with E-state index in [9.17, 15) is 14.4 Å². The van der Waals surface area contributed by atoms with Crippen LogP contribution in [0.1, 0.15) is 98.0 Å². The van der Waals surface area contributed by atoms with Crippen LogP contribution in [0.5, 0.6) is 0 Å². The van der Waals surface area contributed by atoms with Crippen molar-refractivity contribution >= 4 is 40.6 Å². The molecule has 0 atom stereocenters. The molecule has 1 aliphatic carbocycles. The van der Waals surface area contributed by atoms with E-state index in [-0.39, 0.29) is 38.1 Å². The second kappa shape index (κ2) is 33.2. The summed E-state index contributed by atoms with van der Waals surface area (Å²) in [7, 11) is 0. The molecule has 41 heavy (non-hydrogen) atoms. The predicted octanol–water partition coefficient (Wildman–Crippen LogP) is 7.22. The molecule has 1 aromatic rings. The van der Waals surface area contributed by atoms with E-state index in [2.05, 4.69) is 20.0 Å². The molecule has 1 aliphatic rings. The van der Waals surface area contributed by atoms with E-state index >= 15 is 0 Å². The van der Waals surface area contributed by atoms with Crippen LogP contribution in [0.3, 0.4) is 0 Å². The van der Waals surface area contributed by atoms with Gasteiger partial charge in [0.15, 0.2) is 5.78 Å². The summed E-state index contributed by atoms with van der Waals surface area (Å²) in [6, 6.07) is 3.99. The zero-order valence-electron chi connectivity index (χ0n) is 23.4. The SMILES string of the molecule is O=C(O)CCCSCCCCCCCCCCC(=O)c1ccc(CCCC(=O)[C]2[CH][CH][CH][CH]2)s1.[99Tc].[C-]#[O+].[C-]#[O+].[C-]#[O+]. The van der Waals surface area contributed by atoms with Crippen molar-refractivity contribution in [3.63, 3.8) is 0 Å². The zero-order chi connectivity index (χ0) is 30.4. The number of carboxylic acid groups (broad SMARTS) is 1. The van der Waals surface area contributed by atoms with Crippen LogP contribution >= 0.6 is 23.1 Å². The van der Waals surface area contributed by atoms with Gasteiger partial charge in [0.05, 0.1) is 4.88 Å². The first-order valence-corrected chi connectivity index (χ1v) is 15.3. The molecule has 2 rings (SSSR count). The van der Waals surface area contributed by atoms with Crippen molar-refractivity contribution in [2.75, 3.05) is 11.5 Å². The van der Waals surface area contributed by atoms with Gasteiger partial charge in [0.25, 0.3) is 0 Å². The molecule has 0 saturated heterocycles. The molecule has 1 saturated carbocycles. The van der Waals surface area contributed by atoms with Crippen molar-refractivity contribution in [2.24, 2.45) is 0 Å². The number of Topliss-reactive ketones (excluding diaryl/α,β-unsaturated/α-hetero) is 2. The number of hydrogen-bond acceptors (Lipinski definition) is 5. The average molecular weight is 687 g/mol. The van der Waals surface area contributed by atoms with E-state index in [4.69, 9.17) is 19.1 Å². The Labute approximate surface area is 267 Å². The van der Waals surface area contributed by atoms with E-state index in [0.29, 0.717) is 12.8 Å². The van der Waals surface area contributed by atoms with Crippen LogP contribution in [0.15, 0.2) is 12.1 Å². The van der Waals surface area contributed by atoms with E-state index in [0.717, 1.165) is 54.4 Å². The van der Waals surface area contributed by atoms with Crippen molar-refractivity contribution < 1.29 is 53.6 Å². The van der Waals surface area contributed by atoms with Crippen LogP contribution in [0.2, 0.25) is 0 Å². The Morgan fingerprint density at radius 2 is 1.20 bits per heavy atom. The number of hydrogen-bond donors (Lipinski definition) is 1. The van der Waals surface area contributed by atoms with Gasteiger partial charge < -0.3 is 5.11 Å². The second-order valence-corrected chi connectivity index (χ2v) is 11.2. The van der Waals surface area contributed by atoms with Gasteiger partial charge in [0.2, 0.25) is 0 Å². The van der Waals surface area contributed by atoms with E-state index < -0.39 is 5.97 Å². The Morgan fingerprint density at radius 1 is 0.683 bits per heavy atom. The molecule has 1 aromatic heterocycles. The number of unbranched alkanes of at least 4 members (excludes halogenated alkanes) is 7. The molecule has 0 unspecified atom stereocenters. The number of aliphatic carboxylic acids is 1. The molecule has 1 N–H and O–H groups in total. The van der Waals surface area contributed by atoms with Gasteiger partial charge in [-0.25, -0.2) is 0 Å². The van der Waals surface area contributed by atoms with Crippen LogP contribution in [-0.2, 0) is 50.1 Å². The molecule has 0 aliphatic heterocycles. The topological polar surface area (TPSA) is 131 Å². The fraction of sp³-hybridized carbons (Fsp3) is 0.516. The minimum atomic E-state index is -0.698. The van der Waals surface area contributed by atoms with Crippen LogP contribution in [0, 0.1) is 51.6 Å². The second-order valence-electron chi connectivity index (χ2n) is 8.83. The molecule has 6 radical (unpaired) electrons. The van der Waals surface area contributed by atoms with Gasteiger partial charge in [-0.3, -0.25) is 14.4 Å². The molecule has 10 heteroatoms. The van der Waals surface area contributed by atoms with Gasteiger partial charge >= 0.3 is 39.9 Å². The number of thiophene rings is 1. The number of carbonyl (C=O) groups excluding carboxylic acids is 2. The van der Waals surface area contributed by atoms with Crippen LogP contribution in [0.25, 0.3) is 0 Å². The number of carboxylic acids is 1. The van der Waals surface area contributed by atoms with Gasteiger partial charge in [-0.15, -0.1) is 11.3 Å². The van der Waals surface area contributed by atoms with Crippen molar-refractivity contribution in [2.45, 2.75) is 89.9 Å². The predicted molar refractivity (Wildman–Crippen MR) is 155 cm³/mol. The normalized spacial score (nSPS) is 11.8. The standard InChI is InChI=1S/C28H39O4S2.3CO.Tc/c29-25(23-13-8-9-14-23)17-11-15-24-19-20-27(34-24)26(30)16-7-5-3-1-2-4-6-10-21-33-22-12-18-28(31)32;3*1-2;/h8-9,13-14,19-20H,1-7,10-12,15-18,21-22H2,(H,31,32);;;;/i;;;;1+1. The summed E-state index contributed by atoms with van der Waals surface area (Å²) in [6.45, 7) is 13.5. The Morgan fingerprint density at radius 3 is 1.78 bits per heavy atom. The summed E-state index contributed by atoms with van der Waals surface area (Å²) in [6.07, 6.45) is 21.0. The average Bonchev–Trinajstić information content (AvgIpc) is 3.69. The Balaban J connectivity index is -0.00000193. The summed E-state index contributed by atoms with van der Waals surface area (Å²) >= 11 is 3.46. The van der Waals surface area contributed by atoms with Crippen molar-refractivity contribution in [1.29, 1.82) is 0 Å². The Kier molecular flexibility index (Phi) is 35.8. The Hall–Kier alpha value is -1.27. The quantitative estimate of drug-likeness (QED) is 0.0632. The summed E-state index contributed by atoms with van der Waals surface area (Å²) in [5, 5.41) is 8.60. The van der Waals surface area contributed by atoms with Gasteiger partial charge in [0.1, 0.15) is 5.78 Å². The maximum atomic E-state index is 12.5. The fourth-order valence-electron chi connectivity index (χ4n) is 3.89. The number of thioether (sulfide) groups is 1. The van der Waals surface area contributed by atoms with Gasteiger partial charge in [-0.05, 0) is 81.4 Å². The molecular weight excluding hydrogens is 647 g/mol. The first-order valence-electron chi connectivity index (χ1n) is 13.3. The first kappa shape index (κ1) is 44.2. The van der Waals surface area contributed by atoms with E-state index in [1.54, 1.807) is 11.3 Å². The summed E-state index contributed by atoms with van der Waals surface area (Å²) in [5.41, 5.74) is 0. The first-order chi connectivity index (χ1) is 19.6. The van der Waals surface area contributed by atoms with Crippen LogP contribution < -0.4 is 0 Å². The van der Waals surface area contributed by atoms with Crippen LogP contribution in [-0.4, -0.2) is 34.1 Å². The third-order valence-corrected chi connectivity index (χ3v) is 8.21. The molecule has 0 amide bonds. The minimum absolute atomic E-state index is 0. The molecule has 0 bridgehead atoms. The van der Waals surface area contributed by atoms with E-state index in [1.807, 2.05) is 49.6 Å². The number of carbonyl (C=O) groups is 3. The molecule has 0 spiro atoms. The summed E-state index contributed by atoms with van der Waals surface area (Å²) < 4.78 is 22.5. The van der Waals surface area contributed by atoms with Gasteiger partial charge in [0, 0.05) is 50.2 Å². The van der Waals surface area contributed by atoms with Crippen molar-refractivity contribution in [3.8, 4) is 0 Å². The summed E-state index contributed by atoms with van der Waals surface area (Å²) in [5.74, 6) is 2.64. The van der Waals surface area contributed by atoms with Gasteiger partial charge in [-0.1, -0.05) is 38.5 Å². The number of aryl methyl sites for hydroxylation is 1. The van der Waals surface area contributed by atoms with Gasteiger partial charge in [-0.2, -0.15) is 11.8 Å². The molecule has 0 aromatic carbocycles. The Bertz CT molecular complexity index is 844. The molecular formula is C31H39O7S2Tc. The van der Waals surface area contributed by atoms with Crippen LogP contribution in [0.4, 0.5) is 0 Å². The number of rotatable bonds is 21. The summed E-state index contributed by atoms with van der Waals surface area (Å²) in [4.78, 5) is 37.0. The maximum absolute atomic E-state index is 12.5. The molecule has 224 valence electrons. The zero-order valence-corrected chi connectivity index (χ0v) is 26.9. The molecule has 1 heterocycles. The molecule has 1 fully saturated rings. The molecule has 7 nitrogen and oxygen atoms in total. The third kappa shape index (κ3) is 25.0. The monoisotopic (exact) mass is 686 g/mol.